The smallest absolute Gasteiger partial charge is 0.208 e. The van der Waals surface area contributed by atoms with Gasteiger partial charge >= 0.3 is 0 Å². The number of halogens is 1. The molecule has 0 unspecified atom stereocenters. The summed E-state index contributed by atoms with van der Waals surface area (Å²) in [7, 11) is 0. The first-order valence-corrected chi connectivity index (χ1v) is 10.8. The van der Waals surface area contributed by atoms with Crippen molar-refractivity contribution in [3.63, 3.8) is 0 Å². The molecule has 30 heavy (non-hydrogen) atoms. The lowest BCUT2D eigenvalue weighted by molar-refractivity contribution is 1.07. The summed E-state index contributed by atoms with van der Waals surface area (Å²) in [5.41, 5.74) is 1.92. The molecule has 0 aliphatic heterocycles. The SMILES string of the molecule is Clc1nc(-c2cccc3ccccc23)nc(-c2cccc3c2sc2ccccc23)n1. The fourth-order valence-electron chi connectivity index (χ4n) is 3.93. The number of benzene rings is 4. The van der Waals surface area contributed by atoms with Crippen molar-refractivity contribution in [2.75, 3.05) is 0 Å². The fraction of sp³-hybridized carbons (Fsp3) is 0. The average Bonchev–Trinajstić information content (AvgIpc) is 3.17. The van der Waals surface area contributed by atoms with Gasteiger partial charge in [0.15, 0.2) is 11.6 Å². The van der Waals surface area contributed by atoms with Crippen molar-refractivity contribution in [1.82, 2.24) is 15.0 Å². The van der Waals surface area contributed by atoms with Crippen LogP contribution in [0.15, 0.2) is 84.9 Å². The minimum absolute atomic E-state index is 0.195. The Labute approximate surface area is 181 Å². The first-order chi connectivity index (χ1) is 14.8. The lowest BCUT2D eigenvalue weighted by Crippen LogP contribution is -1.97. The minimum Gasteiger partial charge on any atom is -0.208 e. The van der Waals surface area contributed by atoms with Gasteiger partial charge < -0.3 is 0 Å². The van der Waals surface area contributed by atoms with Crippen molar-refractivity contribution >= 4 is 53.9 Å². The Morgan fingerprint density at radius 2 is 1.20 bits per heavy atom. The predicted molar refractivity (Wildman–Crippen MR) is 126 cm³/mol. The summed E-state index contributed by atoms with van der Waals surface area (Å²) in [4.78, 5) is 13.8. The van der Waals surface area contributed by atoms with E-state index in [1.54, 1.807) is 11.3 Å². The van der Waals surface area contributed by atoms with Crippen molar-refractivity contribution in [3.8, 4) is 22.8 Å². The van der Waals surface area contributed by atoms with Gasteiger partial charge in [-0.15, -0.1) is 11.3 Å². The summed E-state index contributed by atoms with van der Waals surface area (Å²) in [5, 5.41) is 4.87. The second kappa shape index (κ2) is 6.87. The summed E-state index contributed by atoms with van der Waals surface area (Å²) < 4.78 is 2.40. The third-order valence-corrected chi connectivity index (χ3v) is 6.67. The Morgan fingerprint density at radius 3 is 2.10 bits per heavy atom. The van der Waals surface area contributed by atoms with Crippen LogP contribution in [0.2, 0.25) is 5.28 Å². The Bertz CT molecular complexity index is 1570. The van der Waals surface area contributed by atoms with Crippen molar-refractivity contribution < 1.29 is 0 Å². The van der Waals surface area contributed by atoms with Crippen LogP contribution in [0.5, 0.6) is 0 Å². The molecule has 0 saturated carbocycles. The van der Waals surface area contributed by atoms with E-state index in [0.717, 1.165) is 26.6 Å². The summed E-state index contributed by atoms with van der Waals surface area (Å²) in [6.45, 7) is 0. The molecule has 0 spiro atoms. The minimum atomic E-state index is 0.195. The zero-order valence-corrected chi connectivity index (χ0v) is 17.3. The van der Waals surface area contributed by atoms with E-state index in [2.05, 4.69) is 64.6 Å². The highest BCUT2D eigenvalue weighted by atomic mass is 35.5. The number of rotatable bonds is 2. The van der Waals surface area contributed by atoms with Gasteiger partial charge in [-0.1, -0.05) is 72.8 Å². The number of hydrogen-bond donors (Lipinski definition) is 0. The molecule has 142 valence electrons. The third kappa shape index (κ3) is 2.76. The number of thiophene rings is 1. The molecule has 0 radical (unpaired) electrons. The molecule has 3 nitrogen and oxygen atoms in total. The molecular weight excluding hydrogens is 410 g/mol. The van der Waals surface area contributed by atoms with E-state index in [1.165, 1.54) is 15.5 Å². The van der Waals surface area contributed by atoms with E-state index < -0.39 is 0 Å². The van der Waals surface area contributed by atoms with Crippen LogP contribution < -0.4 is 0 Å². The molecule has 0 atom stereocenters. The third-order valence-electron chi connectivity index (χ3n) is 5.28. The molecule has 6 rings (SSSR count). The van der Waals surface area contributed by atoms with Crippen LogP contribution in [0.1, 0.15) is 0 Å². The zero-order valence-electron chi connectivity index (χ0n) is 15.7. The molecule has 0 fully saturated rings. The average molecular weight is 424 g/mol. The number of nitrogens with zero attached hydrogens (tertiary/aromatic N) is 3. The van der Waals surface area contributed by atoms with Gasteiger partial charge in [0.25, 0.3) is 0 Å². The van der Waals surface area contributed by atoms with Gasteiger partial charge in [0.2, 0.25) is 5.28 Å². The highest BCUT2D eigenvalue weighted by Crippen LogP contribution is 2.39. The van der Waals surface area contributed by atoms with Gasteiger partial charge in [0.05, 0.1) is 0 Å². The first-order valence-electron chi connectivity index (χ1n) is 9.58. The van der Waals surface area contributed by atoms with Gasteiger partial charge in [-0.2, -0.15) is 9.97 Å². The topological polar surface area (TPSA) is 38.7 Å². The number of fused-ring (bicyclic) bond motifs is 4. The van der Waals surface area contributed by atoms with E-state index in [9.17, 15) is 0 Å². The molecule has 0 bridgehead atoms. The van der Waals surface area contributed by atoms with Gasteiger partial charge in [0, 0.05) is 31.3 Å². The molecule has 0 saturated heterocycles. The molecule has 2 aromatic heterocycles. The largest absolute Gasteiger partial charge is 0.226 e. The van der Waals surface area contributed by atoms with Crippen molar-refractivity contribution in [2.24, 2.45) is 0 Å². The number of hydrogen-bond acceptors (Lipinski definition) is 4. The van der Waals surface area contributed by atoms with Crippen molar-refractivity contribution in [2.45, 2.75) is 0 Å². The van der Waals surface area contributed by atoms with E-state index in [-0.39, 0.29) is 5.28 Å². The first kappa shape index (κ1) is 17.5. The highest BCUT2D eigenvalue weighted by molar-refractivity contribution is 7.26. The van der Waals surface area contributed by atoms with Crippen molar-refractivity contribution in [3.05, 3.63) is 90.2 Å². The van der Waals surface area contributed by atoms with E-state index in [1.807, 2.05) is 30.3 Å². The van der Waals surface area contributed by atoms with Crippen LogP contribution in [0, 0.1) is 0 Å². The standard InChI is InChI=1S/C25H14ClN3S/c26-25-28-23(19-12-5-8-15-7-1-2-9-16(15)19)27-24(29-25)20-13-6-11-18-17-10-3-4-14-21(17)30-22(18)20/h1-14H. The van der Waals surface area contributed by atoms with Crippen LogP contribution in [0.4, 0.5) is 0 Å². The summed E-state index contributed by atoms with van der Waals surface area (Å²) in [5.74, 6) is 1.18. The van der Waals surface area contributed by atoms with E-state index >= 15 is 0 Å². The highest BCUT2D eigenvalue weighted by Gasteiger charge is 2.15. The maximum absolute atomic E-state index is 6.37. The predicted octanol–water partition coefficient (Wildman–Crippen LogP) is 7.38. The lowest BCUT2D eigenvalue weighted by atomic mass is 10.0. The molecule has 0 N–H and O–H groups in total. The second-order valence-electron chi connectivity index (χ2n) is 7.06. The van der Waals surface area contributed by atoms with Crippen molar-refractivity contribution in [1.29, 1.82) is 0 Å². The Balaban J connectivity index is 1.61. The zero-order chi connectivity index (χ0) is 20.1. The molecule has 0 aliphatic carbocycles. The maximum atomic E-state index is 6.37. The van der Waals surface area contributed by atoms with Crippen LogP contribution in [0.3, 0.4) is 0 Å². The summed E-state index contributed by atoms with van der Waals surface area (Å²) in [6.07, 6.45) is 0. The molecule has 5 heteroatoms. The molecule has 0 aliphatic rings. The van der Waals surface area contributed by atoms with Crippen LogP contribution >= 0.6 is 22.9 Å². The van der Waals surface area contributed by atoms with Crippen LogP contribution in [-0.2, 0) is 0 Å². The normalized spacial score (nSPS) is 11.5. The van der Waals surface area contributed by atoms with Crippen LogP contribution in [-0.4, -0.2) is 15.0 Å². The van der Waals surface area contributed by atoms with Gasteiger partial charge in [-0.05, 0) is 34.5 Å². The molecule has 6 aromatic rings. The maximum Gasteiger partial charge on any atom is 0.226 e. The van der Waals surface area contributed by atoms with Crippen LogP contribution in [0.25, 0.3) is 53.7 Å². The Morgan fingerprint density at radius 1 is 0.567 bits per heavy atom. The molecule has 4 aromatic carbocycles. The van der Waals surface area contributed by atoms with Gasteiger partial charge in [-0.3, -0.25) is 0 Å². The second-order valence-corrected chi connectivity index (χ2v) is 8.45. The van der Waals surface area contributed by atoms with Gasteiger partial charge in [0.1, 0.15) is 0 Å². The summed E-state index contributed by atoms with van der Waals surface area (Å²) >= 11 is 8.12. The van der Waals surface area contributed by atoms with Gasteiger partial charge in [-0.25, -0.2) is 4.98 Å². The molecular formula is C25H14ClN3S. The Kier molecular flexibility index (Phi) is 4.01. The number of aromatic nitrogens is 3. The fourth-order valence-corrected chi connectivity index (χ4v) is 5.31. The molecule has 2 heterocycles. The lowest BCUT2D eigenvalue weighted by Gasteiger charge is -2.08. The summed E-state index contributed by atoms with van der Waals surface area (Å²) in [6, 6.07) is 29.0. The van der Waals surface area contributed by atoms with E-state index in [0.29, 0.717) is 11.6 Å². The monoisotopic (exact) mass is 423 g/mol. The molecule has 0 amide bonds. The Hall–Kier alpha value is -3.34. The quantitative estimate of drug-likeness (QED) is 0.291. The van der Waals surface area contributed by atoms with E-state index in [4.69, 9.17) is 16.6 Å².